The number of hydrogen-bond donors (Lipinski definition) is 0. The summed E-state index contributed by atoms with van der Waals surface area (Å²) in [7, 11) is 0. The minimum absolute atomic E-state index is 0.833. The monoisotopic (exact) mass is 116 g/mol. The van der Waals surface area contributed by atoms with E-state index in [1.165, 1.54) is 0 Å². The lowest BCUT2D eigenvalue weighted by Crippen LogP contribution is -1.66. The van der Waals surface area contributed by atoms with Crippen LogP contribution < -0.4 is 0 Å². The molecule has 0 spiro atoms. The molecule has 52 valence electrons. The van der Waals surface area contributed by atoms with Crippen LogP contribution in [0.25, 0.3) is 0 Å². The highest BCUT2D eigenvalue weighted by atomic mass is 13.7. The van der Waals surface area contributed by atoms with Crippen LogP contribution in [0, 0.1) is 11.8 Å². The van der Waals surface area contributed by atoms with Crippen molar-refractivity contribution >= 4 is 0 Å². The minimum atomic E-state index is 0.833. The van der Waals surface area contributed by atoms with Gasteiger partial charge >= 0.3 is 0 Å². The molecule has 0 aliphatic carbocycles. The summed E-state index contributed by atoms with van der Waals surface area (Å²) in [5.74, 6) is 1.67. The van der Waals surface area contributed by atoms with Crippen LogP contribution >= 0.6 is 0 Å². The molecule has 0 saturated heterocycles. The van der Waals surface area contributed by atoms with Crippen molar-refractivity contribution in [2.24, 2.45) is 11.8 Å². The average Bonchev–Trinajstić information content (AvgIpc) is 1.25. The molecule has 0 nitrogen and oxygen atoms in total. The summed E-state index contributed by atoms with van der Waals surface area (Å²) in [6.07, 6.45) is 0. The summed E-state index contributed by atoms with van der Waals surface area (Å²) in [6.45, 7) is 13.0. The van der Waals surface area contributed by atoms with Crippen LogP contribution in [-0.4, -0.2) is 0 Å². The molecule has 0 aromatic rings. The molecule has 0 amide bonds. The van der Waals surface area contributed by atoms with Gasteiger partial charge < -0.3 is 0 Å². The molecular formula is C8H20. The summed E-state index contributed by atoms with van der Waals surface area (Å²) in [6, 6.07) is 0. The fourth-order valence-corrected chi connectivity index (χ4v) is 0. The van der Waals surface area contributed by atoms with E-state index in [0.717, 1.165) is 11.8 Å². The lowest BCUT2D eigenvalue weighted by Gasteiger charge is -1.79. The zero-order chi connectivity index (χ0) is 7.15. The summed E-state index contributed by atoms with van der Waals surface area (Å²) in [4.78, 5) is 0. The van der Waals surface area contributed by atoms with E-state index in [4.69, 9.17) is 0 Å². The van der Waals surface area contributed by atoms with Gasteiger partial charge in [-0.05, 0) is 11.8 Å². The maximum Gasteiger partial charge on any atom is -0.0500 e. The van der Waals surface area contributed by atoms with Crippen molar-refractivity contribution in [3.63, 3.8) is 0 Å². The summed E-state index contributed by atoms with van der Waals surface area (Å²) < 4.78 is 0. The Hall–Kier alpha value is 0. The van der Waals surface area contributed by atoms with Gasteiger partial charge in [-0.2, -0.15) is 0 Å². The Bertz CT molecular complexity index is 15.5. The van der Waals surface area contributed by atoms with Gasteiger partial charge in [0, 0.05) is 0 Å². The molecule has 8 heavy (non-hydrogen) atoms. The van der Waals surface area contributed by atoms with Crippen LogP contribution in [-0.2, 0) is 0 Å². The Morgan fingerprint density at radius 1 is 0.500 bits per heavy atom. The molecule has 0 heterocycles. The largest absolute Gasteiger partial charge is 0.0630 e. The number of rotatable bonds is 0. The van der Waals surface area contributed by atoms with E-state index < -0.39 is 0 Å². The van der Waals surface area contributed by atoms with Crippen LogP contribution in [0.3, 0.4) is 0 Å². The van der Waals surface area contributed by atoms with Crippen molar-refractivity contribution in [1.29, 1.82) is 0 Å². The SMILES string of the molecule is CC(C)C.CC(C)C. The predicted molar refractivity (Wildman–Crippen MR) is 41.0 cm³/mol. The van der Waals surface area contributed by atoms with E-state index in [9.17, 15) is 0 Å². The first-order chi connectivity index (χ1) is 3.46. The molecule has 0 aromatic carbocycles. The van der Waals surface area contributed by atoms with E-state index >= 15 is 0 Å². The molecule has 0 unspecified atom stereocenters. The Labute approximate surface area is 54.3 Å². The van der Waals surface area contributed by atoms with Gasteiger partial charge in [-0.25, -0.2) is 0 Å². The Morgan fingerprint density at radius 2 is 0.500 bits per heavy atom. The standard InChI is InChI=1S/2C4H10/c2*1-4(2)3/h2*4H,1-3H3. The van der Waals surface area contributed by atoms with E-state index in [2.05, 4.69) is 41.5 Å². The van der Waals surface area contributed by atoms with E-state index in [0.29, 0.717) is 0 Å². The van der Waals surface area contributed by atoms with Crippen molar-refractivity contribution in [3.05, 3.63) is 0 Å². The van der Waals surface area contributed by atoms with Gasteiger partial charge in [0.25, 0.3) is 0 Å². The molecule has 0 atom stereocenters. The van der Waals surface area contributed by atoms with Crippen LogP contribution in [0.2, 0.25) is 0 Å². The summed E-state index contributed by atoms with van der Waals surface area (Å²) in [5, 5.41) is 0. The van der Waals surface area contributed by atoms with Crippen molar-refractivity contribution in [1.82, 2.24) is 0 Å². The van der Waals surface area contributed by atoms with Gasteiger partial charge in [-0.3, -0.25) is 0 Å². The molecule has 0 aliphatic rings. The maximum absolute atomic E-state index is 2.17. The average molecular weight is 116 g/mol. The first-order valence-corrected chi connectivity index (χ1v) is 3.46. The van der Waals surface area contributed by atoms with E-state index in [-0.39, 0.29) is 0 Å². The van der Waals surface area contributed by atoms with Crippen LogP contribution in [0.5, 0.6) is 0 Å². The molecule has 0 bridgehead atoms. The minimum Gasteiger partial charge on any atom is -0.0630 e. The Balaban J connectivity index is 0. The lowest BCUT2D eigenvalue weighted by molar-refractivity contribution is 0.736. The molecule has 0 radical (unpaired) electrons. The lowest BCUT2D eigenvalue weighted by atomic mass is 10.3. The van der Waals surface area contributed by atoms with Crippen molar-refractivity contribution in [2.45, 2.75) is 41.5 Å². The zero-order valence-corrected chi connectivity index (χ0v) is 7.15. The molecule has 0 rings (SSSR count). The second-order valence-corrected chi connectivity index (χ2v) is 3.46. The molecule has 0 aliphatic heterocycles. The van der Waals surface area contributed by atoms with Crippen LogP contribution in [0.15, 0.2) is 0 Å². The van der Waals surface area contributed by atoms with Crippen molar-refractivity contribution in [3.8, 4) is 0 Å². The van der Waals surface area contributed by atoms with Gasteiger partial charge in [-0.1, -0.05) is 41.5 Å². The summed E-state index contributed by atoms with van der Waals surface area (Å²) >= 11 is 0. The smallest absolute Gasteiger partial charge is 0.0500 e. The normalized spacial score (nSPS) is 9.00. The van der Waals surface area contributed by atoms with Gasteiger partial charge in [0.15, 0.2) is 0 Å². The third-order valence-corrected chi connectivity index (χ3v) is 0. The molecule has 0 aromatic heterocycles. The summed E-state index contributed by atoms with van der Waals surface area (Å²) in [5.41, 5.74) is 0. The molecule has 0 saturated carbocycles. The quantitative estimate of drug-likeness (QED) is 0.455. The maximum atomic E-state index is 2.17. The van der Waals surface area contributed by atoms with Crippen molar-refractivity contribution in [2.75, 3.05) is 0 Å². The zero-order valence-electron chi connectivity index (χ0n) is 7.15. The molecule has 0 heteroatoms. The van der Waals surface area contributed by atoms with Gasteiger partial charge in [0.2, 0.25) is 0 Å². The fraction of sp³-hybridized carbons (Fsp3) is 1.00. The second kappa shape index (κ2) is 7.00. The Kier molecular flexibility index (Phi) is 9.53. The highest BCUT2D eigenvalue weighted by Gasteiger charge is 1.68. The topological polar surface area (TPSA) is 0 Å². The van der Waals surface area contributed by atoms with Gasteiger partial charge in [0.05, 0.1) is 0 Å². The molecule has 0 N–H and O–H groups in total. The highest BCUT2D eigenvalue weighted by Crippen LogP contribution is 1.81. The molecule has 0 fully saturated rings. The van der Waals surface area contributed by atoms with E-state index in [1.54, 1.807) is 0 Å². The second-order valence-electron chi connectivity index (χ2n) is 3.46. The van der Waals surface area contributed by atoms with Crippen LogP contribution in [0.4, 0.5) is 0 Å². The number of hydrogen-bond acceptors (Lipinski definition) is 0. The predicted octanol–water partition coefficient (Wildman–Crippen LogP) is 3.32. The first-order valence-electron chi connectivity index (χ1n) is 3.46. The first kappa shape index (κ1) is 10.9. The third kappa shape index (κ3) is 0. The van der Waals surface area contributed by atoms with E-state index in [1.807, 2.05) is 0 Å². The van der Waals surface area contributed by atoms with Crippen molar-refractivity contribution < 1.29 is 0 Å². The Morgan fingerprint density at radius 3 is 0.500 bits per heavy atom. The molecular weight excluding hydrogens is 96.1 g/mol. The highest BCUT2D eigenvalue weighted by molar-refractivity contribution is 4.21. The van der Waals surface area contributed by atoms with Crippen LogP contribution in [0.1, 0.15) is 41.5 Å². The fourth-order valence-electron chi connectivity index (χ4n) is 0. The van der Waals surface area contributed by atoms with Gasteiger partial charge in [0.1, 0.15) is 0 Å². The third-order valence-electron chi connectivity index (χ3n) is 0. The van der Waals surface area contributed by atoms with Gasteiger partial charge in [-0.15, -0.1) is 0 Å².